The van der Waals surface area contributed by atoms with Crippen molar-refractivity contribution in [1.82, 2.24) is 15.5 Å². The maximum atomic E-state index is 5.40. The fourth-order valence-corrected chi connectivity index (χ4v) is 1.57. The minimum absolute atomic E-state index is 0.646. The number of guanidine groups is 1. The van der Waals surface area contributed by atoms with Crippen molar-refractivity contribution in [2.24, 2.45) is 4.99 Å². The Morgan fingerprint density at radius 3 is 2.33 bits per heavy atom. The van der Waals surface area contributed by atoms with Crippen LogP contribution in [-0.4, -0.2) is 91.8 Å². The van der Waals surface area contributed by atoms with E-state index in [4.69, 9.17) is 14.2 Å². The number of aliphatic imine (C=N–C) groups is 1. The zero-order valence-corrected chi connectivity index (χ0v) is 14.0. The van der Waals surface area contributed by atoms with E-state index >= 15 is 0 Å². The van der Waals surface area contributed by atoms with Gasteiger partial charge in [-0.05, 0) is 13.5 Å². The van der Waals surface area contributed by atoms with E-state index in [0.717, 1.165) is 51.8 Å². The summed E-state index contributed by atoms with van der Waals surface area (Å²) in [7, 11) is 7.25. The lowest BCUT2D eigenvalue weighted by Crippen LogP contribution is -2.41. The molecule has 0 saturated heterocycles. The van der Waals surface area contributed by atoms with Gasteiger partial charge in [-0.2, -0.15) is 0 Å². The second-order valence-corrected chi connectivity index (χ2v) is 4.68. The Bertz CT molecular complexity index is 252. The van der Waals surface area contributed by atoms with Gasteiger partial charge in [0.05, 0.1) is 19.8 Å². The quantitative estimate of drug-likeness (QED) is 0.279. The first kappa shape index (κ1) is 20.1. The molecule has 21 heavy (non-hydrogen) atoms. The second-order valence-electron chi connectivity index (χ2n) is 4.68. The third kappa shape index (κ3) is 13.8. The molecular weight excluding hydrogens is 272 g/mol. The highest BCUT2D eigenvalue weighted by Crippen LogP contribution is 1.83. The van der Waals surface area contributed by atoms with Crippen LogP contribution in [0.15, 0.2) is 4.99 Å². The van der Waals surface area contributed by atoms with Crippen molar-refractivity contribution in [2.75, 3.05) is 80.9 Å². The van der Waals surface area contributed by atoms with E-state index in [2.05, 4.69) is 27.6 Å². The standard InChI is InChI=1S/C14H32N4O3/c1-15-14(16-6-5-10-21-13-12-20-4)17-7-8-18(2)9-11-19-3/h5-13H2,1-4H3,(H2,15,16,17). The van der Waals surface area contributed by atoms with Crippen molar-refractivity contribution in [3.8, 4) is 0 Å². The van der Waals surface area contributed by atoms with Crippen LogP contribution in [0.3, 0.4) is 0 Å². The minimum atomic E-state index is 0.646. The molecule has 0 spiro atoms. The Morgan fingerprint density at radius 2 is 1.67 bits per heavy atom. The number of nitrogens with zero attached hydrogens (tertiary/aromatic N) is 2. The lowest BCUT2D eigenvalue weighted by molar-refractivity contribution is 0.0698. The average Bonchev–Trinajstić information content (AvgIpc) is 2.50. The third-order valence-electron chi connectivity index (χ3n) is 2.88. The molecule has 0 unspecified atom stereocenters. The smallest absolute Gasteiger partial charge is 0.191 e. The van der Waals surface area contributed by atoms with Gasteiger partial charge in [-0.25, -0.2) is 0 Å². The summed E-state index contributed by atoms with van der Waals surface area (Å²) in [6.07, 6.45) is 0.943. The van der Waals surface area contributed by atoms with Crippen molar-refractivity contribution in [3.05, 3.63) is 0 Å². The highest BCUT2D eigenvalue weighted by atomic mass is 16.5. The van der Waals surface area contributed by atoms with Crippen molar-refractivity contribution in [1.29, 1.82) is 0 Å². The number of nitrogens with one attached hydrogen (secondary N) is 2. The Morgan fingerprint density at radius 1 is 0.952 bits per heavy atom. The van der Waals surface area contributed by atoms with Gasteiger partial charge >= 0.3 is 0 Å². The second kappa shape index (κ2) is 15.5. The van der Waals surface area contributed by atoms with E-state index in [0.29, 0.717) is 13.2 Å². The summed E-state index contributed by atoms with van der Waals surface area (Å²) in [5.41, 5.74) is 0. The summed E-state index contributed by atoms with van der Waals surface area (Å²) >= 11 is 0. The van der Waals surface area contributed by atoms with Crippen LogP contribution in [0.25, 0.3) is 0 Å². The molecule has 7 nitrogen and oxygen atoms in total. The van der Waals surface area contributed by atoms with Crippen LogP contribution in [-0.2, 0) is 14.2 Å². The largest absolute Gasteiger partial charge is 0.383 e. The van der Waals surface area contributed by atoms with E-state index in [9.17, 15) is 0 Å². The molecule has 0 aromatic carbocycles. The van der Waals surface area contributed by atoms with E-state index in [1.54, 1.807) is 21.3 Å². The lowest BCUT2D eigenvalue weighted by Gasteiger charge is -2.17. The summed E-state index contributed by atoms with van der Waals surface area (Å²) in [5.74, 6) is 0.826. The van der Waals surface area contributed by atoms with Crippen LogP contribution in [0.1, 0.15) is 6.42 Å². The molecule has 0 saturated carbocycles. The highest BCUT2D eigenvalue weighted by Gasteiger charge is 2.00. The number of rotatable bonds is 13. The summed E-state index contributed by atoms with van der Waals surface area (Å²) < 4.78 is 15.4. The Labute approximate surface area is 129 Å². The van der Waals surface area contributed by atoms with Gasteiger partial charge in [0, 0.05) is 54.1 Å². The highest BCUT2D eigenvalue weighted by molar-refractivity contribution is 5.79. The van der Waals surface area contributed by atoms with E-state index < -0.39 is 0 Å². The number of hydrogen-bond acceptors (Lipinski definition) is 5. The van der Waals surface area contributed by atoms with E-state index in [1.165, 1.54) is 0 Å². The molecule has 0 atom stereocenters. The van der Waals surface area contributed by atoms with Crippen molar-refractivity contribution in [2.45, 2.75) is 6.42 Å². The SMILES string of the molecule is CN=C(NCCCOCCOC)NCCN(C)CCOC. The van der Waals surface area contributed by atoms with E-state index in [1.807, 2.05) is 0 Å². The van der Waals surface area contributed by atoms with Crippen molar-refractivity contribution in [3.63, 3.8) is 0 Å². The van der Waals surface area contributed by atoms with Gasteiger partial charge < -0.3 is 29.7 Å². The molecule has 126 valence electrons. The van der Waals surface area contributed by atoms with Crippen molar-refractivity contribution < 1.29 is 14.2 Å². The molecule has 0 rings (SSSR count). The normalized spacial score (nSPS) is 12.0. The molecule has 0 aliphatic heterocycles. The van der Waals surface area contributed by atoms with Crippen LogP contribution in [0, 0.1) is 0 Å². The van der Waals surface area contributed by atoms with Crippen LogP contribution in [0.5, 0.6) is 0 Å². The maximum absolute atomic E-state index is 5.40. The molecule has 0 fully saturated rings. The Hall–Kier alpha value is -0.890. The Balaban J connectivity index is 3.50. The van der Waals surface area contributed by atoms with E-state index in [-0.39, 0.29) is 0 Å². The molecule has 2 N–H and O–H groups in total. The summed E-state index contributed by atoms with van der Waals surface area (Å²) in [6, 6.07) is 0. The minimum Gasteiger partial charge on any atom is -0.383 e. The summed E-state index contributed by atoms with van der Waals surface area (Å²) in [4.78, 5) is 6.40. The molecule has 7 heteroatoms. The topological polar surface area (TPSA) is 67.4 Å². The van der Waals surface area contributed by atoms with Gasteiger partial charge in [-0.1, -0.05) is 0 Å². The van der Waals surface area contributed by atoms with Gasteiger partial charge in [0.25, 0.3) is 0 Å². The zero-order chi connectivity index (χ0) is 15.8. The van der Waals surface area contributed by atoms with Crippen LogP contribution >= 0.6 is 0 Å². The van der Waals surface area contributed by atoms with Crippen LogP contribution in [0.2, 0.25) is 0 Å². The molecule has 0 heterocycles. The van der Waals surface area contributed by atoms with Crippen molar-refractivity contribution >= 4 is 5.96 Å². The zero-order valence-electron chi connectivity index (χ0n) is 14.0. The molecule has 0 amide bonds. The predicted molar refractivity (Wildman–Crippen MR) is 86.0 cm³/mol. The summed E-state index contributed by atoms with van der Waals surface area (Å²) in [5, 5.41) is 6.55. The fraction of sp³-hybridized carbons (Fsp3) is 0.929. The first-order chi connectivity index (χ1) is 10.2. The lowest BCUT2D eigenvalue weighted by atomic mass is 10.4. The van der Waals surface area contributed by atoms with Gasteiger partial charge in [-0.3, -0.25) is 4.99 Å². The molecule has 0 radical (unpaired) electrons. The van der Waals surface area contributed by atoms with Crippen LogP contribution < -0.4 is 10.6 Å². The number of methoxy groups -OCH3 is 2. The van der Waals surface area contributed by atoms with Gasteiger partial charge in [0.2, 0.25) is 0 Å². The molecule has 0 aliphatic carbocycles. The molecular formula is C14H32N4O3. The first-order valence-electron chi connectivity index (χ1n) is 7.43. The monoisotopic (exact) mass is 304 g/mol. The number of hydrogen-bond donors (Lipinski definition) is 2. The first-order valence-corrected chi connectivity index (χ1v) is 7.43. The average molecular weight is 304 g/mol. The number of likely N-dealkylation sites (N-methyl/N-ethyl adjacent to an activating group) is 1. The number of ether oxygens (including phenoxy) is 3. The molecule has 0 bridgehead atoms. The van der Waals surface area contributed by atoms with Gasteiger partial charge in [-0.15, -0.1) is 0 Å². The van der Waals surface area contributed by atoms with Gasteiger partial charge in [0.15, 0.2) is 5.96 Å². The summed E-state index contributed by atoms with van der Waals surface area (Å²) in [6.45, 7) is 6.35. The third-order valence-corrected chi connectivity index (χ3v) is 2.88. The molecule has 0 aromatic rings. The maximum Gasteiger partial charge on any atom is 0.191 e. The predicted octanol–water partition coefficient (Wildman–Crippen LogP) is -0.217. The fourth-order valence-electron chi connectivity index (χ4n) is 1.57. The Kier molecular flexibility index (Phi) is 14.8. The van der Waals surface area contributed by atoms with Gasteiger partial charge in [0.1, 0.15) is 0 Å². The molecule has 0 aromatic heterocycles. The van der Waals surface area contributed by atoms with Crippen LogP contribution in [0.4, 0.5) is 0 Å². The molecule has 0 aliphatic rings.